The second-order valence-corrected chi connectivity index (χ2v) is 9.02. The van der Waals surface area contributed by atoms with E-state index in [0.717, 1.165) is 0 Å². The van der Waals surface area contributed by atoms with Crippen molar-refractivity contribution in [3.8, 4) is 11.3 Å². The van der Waals surface area contributed by atoms with Crippen molar-refractivity contribution in [2.24, 2.45) is 0 Å². The molecule has 1 aliphatic heterocycles. The van der Waals surface area contributed by atoms with Crippen LogP contribution in [0.3, 0.4) is 0 Å². The number of pyridine rings is 1. The number of aliphatic hydroxyl groups excluding tert-OH is 1. The number of benzene rings is 1. The minimum atomic E-state index is -4.19. The van der Waals surface area contributed by atoms with Gasteiger partial charge in [0.05, 0.1) is 35.3 Å². The lowest BCUT2D eigenvalue weighted by Gasteiger charge is -2.22. The number of fused-ring (bicyclic) bond motifs is 1. The fraction of sp³-hybridized carbons (Fsp3) is 0.333. The molecule has 0 amide bonds. The van der Waals surface area contributed by atoms with Crippen molar-refractivity contribution >= 4 is 26.9 Å². The number of nitrogens with one attached hydrogen (secondary N) is 1. The average Bonchev–Trinajstić information content (AvgIpc) is 3.20. The van der Waals surface area contributed by atoms with Gasteiger partial charge in [0.25, 0.3) is 5.92 Å². The molecule has 1 aromatic carbocycles. The van der Waals surface area contributed by atoms with Crippen LogP contribution in [0, 0.1) is 6.92 Å². The smallest absolute Gasteiger partial charge is 0.263 e. The maximum absolute atomic E-state index is 13.7. The number of sulfonamides is 1. The average molecular weight is 423 g/mol. The molecule has 1 unspecified atom stereocenters. The van der Waals surface area contributed by atoms with Gasteiger partial charge >= 0.3 is 0 Å². The number of nitrogen functional groups attached to an aromatic ring is 1. The monoisotopic (exact) mass is 423 g/mol. The van der Waals surface area contributed by atoms with E-state index in [4.69, 9.17) is 5.73 Å². The first-order valence-corrected chi connectivity index (χ1v) is 10.3. The van der Waals surface area contributed by atoms with Crippen LogP contribution >= 0.6 is 0 Å². The quantitative estimate of drug-likeness (QED) is 0.589. The van der Waals surface area contributed by atoms with Gasteiger partial charge in [-0.1, -0.05) is 6.07 Å². The van der Waals surface area contributed by atoms with E-state index in [1.54, 1.807) is 25.1 Å². The number of hydrogen-bond acceptors (Lipinski definition) is 6. The summed E-state index contributed by atoms with van der Waals surface area (Å²) in [5.41, 5.74) is 8.82. The summed E-state index contributed by atoms with van der Waals surface area (Å²) in [6.45, 7) is 0.0996. The van der Waals surface area contributed by atoms with Crippen molar-refractivity contribution in [3.63, 3.8) is 0 Å². The molecule has 2 aromatic heterocycles. The number of nitrogens with zero attached hydrogens (tertiary/aromatic N) is 3. The number of anilines is 1. The maximum atomic E-state index is 13.7. The highest BCUT2D eigenvalue weighted by Gasteiger charge is 2.49. The molecule has 0 spiro atoms. The molecule has 0 aliphatic carbocycles. The lowest BCUT2D eigenvalue weighted by Crippen LogP contribution is -2.38. The number of aromatic amines is 1. The van der Waals surface area contributed by atoms with Gasteiger partial charge in [-0.05, 0) is 36.8 Å². The van der Waals surface area contributed by atoms with Crippen molar-refractivity contribution in [1.29, 1.82) is 0 Å². The summed E-state index contributed by atoms with van der Waals surface area (Å²) in [4.78, 5) is 4.36. The summed E-state index contributed by atoms with van der Waals surface area (Å²) in [7, 11) is -4.19. The minimum absolute atomic E-state index is 0.112. The number of H-pyrrole nitrogens is 1. The van der Waals surface area contributed by atoms with Crippen LogP contribution in [0.25, 0.3) is 22.3 Å². The zero-order valence-electron chi connectivity index (χ0n) is 15.4. The third kappa shape index (κ3) is 3.34. The summed E-state index contributed by atoms with van der Waals surface area (Å²) in [5.74, 6) is -2.91. The van der Waals surface area contributed by atoms with Gasteiger partial charge in [0.15, 0.2) is 5.82 Å². The number of hydrogen-bond donors (Lipinski definition) is 3. The number of rotatable bonds is 4. The van der Waals surface area contributed by atoms with Gasteiger partial charge in [0.2, 0.25) is 10.0 Å². The summed E-state index contributed by atoms with van der Waals surface area (Å²) in [6.07, 6.45) is -0.699. The Balaban J connectivity index is 1.72. The van der Waals surface area contributed by atoms with Gasteiger partial charge in [-0.2, -0.15) is 9.40 Å². The molecule has 29 heavy (non-hydrogen) atoms. The topological polar surface area (TPSA) is 125 Å². The van der Waals surface area contributed by atoms with E-state index in [2.05, 4.69) is 15.2 Å². The zero-order valence-corrected chi connectivity index (χ0v) is 16.2. The van der Waals surface area contributed by atoms with Crippen LogP contribution in [0.5, 0.6) is 0 Å². The van der Waals surface area contributed by atoms with Gasteiger partial charge in [-0.25, -0.2) is 22.2 Å². The molecule has 0 bridgehead atoms. The highest BCUT2D eigenvalue weighted by molar-refractivity contribution is 7.89. The normalized spacial score (nSPS) is 19.8. The molecule has 4 N–H and O–H groups in total. The molecule has 1 saturated heterocycles. The fourth-order valence-electron chi connectivity index (χ4n) is 3.59. The van der Waals surface area contributed by atoms with Crippen molar-refractivity contribution in [3.05, 3.63) is 35.9 Å². The molecule has 3 aromatic rings. The van der Waals surface area contributed by atoms with Crippen LogP contribution in [-0.2, 0) is 10.0 Å². The van der Waals surface area contributed by atoms with E-state index in [9.17, 15) is 22.3 Å². The maximum Gasteiger partial charge on any atom is 0.263 e. The van der Waals surface area contributed by atoms with E-state index in [1.165, 1.54) is 12.1 Å². The van der Waals surface area contributed by atoms with Crippen molar-refractivity contribution < 1.29 is 22.3 Å². The predicted molar refractivity (Wildman–Crippen MR) is 103 cm³/mol. The number of aliphatic hydroxyl groups is 1. The first kappa shape index (κ1) is 19.7. The summed E-state index contributed by atoms with van der Waals surface area (Å²) >= 11 is 0. The Labute approximate surface area is 165 Å². The van der Waals surface area contributed by atoms with Gasteiger partial charge in [-0.15, -0.1) is 0 Å². The number of alkyl halides is 2. The Morgan fingerprint density at radius 1 is 1.34 bits per heavy atom. The lowest BCUT2D eigenvalue weighted by molar-refractivity contribution is 0.0161. The summed E-state index contributed by atoms with van der Waals surface area (Å²) in [6, 6.07) is 6.72. The zero-order chi connectivity index (χ0) is 21.0. The molecule has 11 heteroatoms. The largest absolute Gasteiger partial charge is 0.395 e. The molecule has 3 heterocycles. The molecule has 8 nitrogen and oxygen atoms in total. The van der Waals surface area contributed by atoms with Crippen molar-refractivity contribution in [2.75, 3.05) is 18.9 Å². The van der Waals surface area contributed by atoms with Crippen LogP contribution in [0.4, 0.5) is 14.6 Å². The number of aryl methyl sites for hydroxylation is 1. The van der Waals surface area contributed by atoms with E-state index >= 15 is 0 Å². The third-order valence-electron chi connectivity index (χ3n) is 5.05. The number of nitrogens with two attached hydrogens (primary N) is 1. The minimum Gasteiger partial charge on any atom is -0.395 e. The molecule has 1 atom stereocenters. The second kappa shape index (κ2) is 6.71. The van der Waals surface area contributed by atoms with Crippen LogP contribution in [-0.4, -0.2) is 58.1 Å². The predicted octanol–water partition coefficient (Wildman–Crippen LogP) is 1.91. The Hall–Kier alpha value is -2.63. The molecule has 0 saturated carbocycles. The molecule has 4 rings (SSSR count). The van der Waals surface area contributed by atoms with Crippen LogP contribution < -0.4 is 5.73 Å². The molecule has 1 fully saturated rings. The Kier molecular flexibility index (Phi) is 4.56. The molecule has 154 valence electrons. The highest BCUT2D eigenvalue weighted by Crippen LogP contribution is 2.36. The third-order valence-corrected chi connectivity index (χ3v) is 6.95. The Morgan fingerprint density at radius 3 is 2.79 bits per heavy atom. The second-order valence-electron chi connectivity index (χ2n) is 7.12. The fourth-order valence-corrected chi connectivity index (χ4v) is 5.32. The first-order valence-electron chi connectivity index (χ1n) is 8.84. The number of aromatic nitrogens is 3. The van der Waals surface area contributed by atoms with E-state index in [1.807, 2.05) is 0 Å². The van der Waals surface area contributed by atoms with E-state index in [-0.39, 0.29) is 10.7 Å². The molecule has 0 radical (unpaired) electrons. The SMILES string of the molecule is Cc1cc(S(=O)(=O)N2CC(F)(F)CC2CO)ccc1-c1ccc2[nH]nc(N)c2n1. The van der Waals surface area contributed by atoms with Gasteiger partial charge in [0, 0.05) is 12.0 Å². The first-order chi connectivity index (χ1) is 13.6. The molecule has 1 aliphatic rings. The van der Waals surface area contributed by atoms with Crippen molar-refractivity contribution in [2.45, 2.75) is 30.2 Å². The molecular formula is C18H19F2N5O3S. The highest BCUT2D eigenvalue weighted by atomic mass is 32.2. The number of halogens is 2. The van der Waals surface area contributed by atoms with E-state index < -0.39 is 41.6 Å². The van der Waals surface area contributed by atoms with Crippen LogP contribution in [0.15, 0.2) is 35.2 Å². The van der Waals surface area contributed by atoms with Gasteiger partial charge in [0.1, 0.15) is 5.52 Å². The lowest BCUT2D eigenvalue weighted by atomic mass is 10.1. The van der Waals surface area contributed by atoms with E-state index in [0.29, 0.717) is 32.2 Å². The van der Waals surface area contributed by atoms with Crippen LogP contribution in [0.2, 0.25) is 0 Å². The standard InChI is InChI=1S/C18H19F2N5O3S/c1-10-6-12(29(27,28)25-9-18(19,20)7-11(25)8-26)2-3-13(10)14-4-5-15-16(22-14)17(21)24-23-15/h2-6,11,26H,7-9H2,1H3,(H3,21,23,24). The summed E-state index contributed by atoms with van der Waals surface area (Å²) in [5, 5.41) is 16.0. The Morgan fingerprint density at radius 2 is 2.10 bits per heavy atom. The van der Waals surface area contributed by atoms with Crippen LogP contribution in [0.1, 0.15) is 12.0 Å². The van der Waals surface area contributed by atoms with Gasteiger partial charge < -0.3 is 10.8 Å². The summed E-state index contributed by atoms with van der Waals surface area (Å²) < 4.78 is 54.0. The molecular weight excluding hydrogens is 404 g/mol. The van der Waals surface area contributed by atoms with Crippen molar-refractivity contribution in [1.82, 2.24) is 19.5 Å². The van der Waals surface area contributed by atoms with Gasteiger partial charge in [-0.3, -0.25) is 5.10 Å². The Bertz CT molecular complexity index is 1200.